The summed E-state index contributed by atoms with van der Waals surface area (Å²) < 4.78 is 0. The Morgan fingerprint density at radius 2 is 1.75 bits per heavy atom. The number of hydrogen-bond donors (Lipinski definition) is 1. The van der Waals surface area contributed by atoms with Gasteiger partial charge in [0.1, 0.15) is 0 Å². The summed E-state index contributed by atoms with van der Waals surface area (Å²) in [5, 5.41) is 3.64. The molecular weight excluding hydrogens is 248 g/mol. The Kier molecular flexibility index (Phi) is 3.49. The van der Waals surface area contributed by atoms with Gasteiger partial charge in [-0.1, -0.05) is 12.8 Å². The van der Waals surface area contributed by atoms with Crippen LogP contribution in [0.5, 0.6) is 0 Å². The molecule has 3 nitrogen and oxygen atoms in total. The maximum atomic E-state index is 12.8. The van der Waals surface area contributed by atoms with Crippen molar-refractivity contribution in [3.05, 3.63) is 0 Å². The Morgan fingerprint density at radius 1 is 0.950 bits per heavy atom. The second-order valence-corrected chi connectivity index (χ2v) is 7.53. The second kappa shape index (κ2) is 5.32. The average Bonchev–Trinajstić information content (AvgIpc) is 2.96. The van der Waals surface area contributed by atoms with E-state index in [9.17, 15) is 4.79 Å². The Balaban J connectivity index is 1.37. The first-order valence-electron chi connectivity index (χ1n) is 8.87. The molecule has 4 unspecified atom stereocenters. The van der Waals surface area contributed by atoms with Gasteiger partial charge >= 0.3 is 0 Å². The van der Waals surface area contributed by atoms with Crippen molar-refractivity contribution < 1.29 is 4.79 Å². The molecule has 0 aromatic rings. The Bertz CT molecular complexity index is 365. The highest BCUT2D eigenvalue weighted by molar-refractivity contribution is 5.82. The Morgan fingerprint density at radius 3 is 2.45 bits per heavy atom. The zero-order chi connectivity index (χ0) is 13.5. The van der Waals surface area contributed by atoms with Gasteiger partial charge in [0.25, 0.3) is 0 Å². The lowest BCUT2D eigenvalue weighted by atomic mass is 9.89. The van der Waals surface area contributed by atoms with Crippen LogP contribution in [0.2, 0.25) is 0 Å². The van der Waals surface area contributed by atoms with E-state index in [1.165, 1.54) is 57.9 Å². The molecule has 4 atom stereocenters. The molecule has 0 radical (unpaired) electrons. The molecule has 4 aliphatic rings. The van der Waals surface area contributed by atoms with E-state index in [1.807, 2.05) is 0 Å². The molecule has 20 heavy (non-hydrogen) atoms. The number of nitrogens with one attached hydrogen (secondary N) is 1. The maximum absolute atomic E-state index is 12.8. The number of carbonyl (C=O) groups is 1. The third-order valence-electron chi connectivity index (χ3n) is 6.38. The van der Waals surface area contributed by atoms with Crippen LogP contribution in [-0.2, 0) is 4.79 Å². The van der Waals surface area contributed by atoms with Crippen molar-refractivity contribution >= 4 is 5.91 Å². The predicted molar refractivity (Wildman–Crippen MR) is 79.3 cm³/mol. The molecule has 3 heteroatoms. The SMILES string of the molecule is O=C(C1C2CCCCC21)N1CCCC(C2CCCN2)C1. The number of carbonyl (C=O) groups excluding carboxylic acids is 1. The number of likely N-dealkylation sites (tertiary alicyclic amines) is 1. The van der Waals surface area contributed by atoms with E-state index in [0.717, 1.165) is 30.8 Å². The fourth-order valence-electron chi connectivity index (χ4n) is 5.22. The summed E-state index contributed by atoms with van der Waals surface area (Å²) in [6.07, 6.45) is 10.5. The van der Waals surface area contributed by atoms with E-state index >= 15 is 0 Å². The lowest BCUT2D eigenvalue weighted by Crippen LogP contribution is -2.46. The van der Waals surface area contributed by atoms with Gasteiger partial charge in [0, 0.05) is 25.0 Å². The van der Waals surface area contributed by atoms with Crippen molar-refractivity contribution in [2.24, 2.45) is 23.7 Å². The minimum atomic E-state index is 0.424. The molecule has 2 saturated carbocycles. The number of hydrogen-bond acceptors (Lipinski definition) is 2. The van der Waals surface area contributed by atoms with E-state index in [1.54, 1.807) is 0 Å². The van der Waals surface area contributed by atoms with Crippen LogP contribution in [-0.4, -0.2) is 36.5 Å². The largest absolute Gasteiger partial charge is 0.342 e. The number of piperidine rings is 1. The standard InChI is InChI=1S/C17H28N2O/c20-17(16-13-6-1-2-7-14(13)16)19-10-4-5-12(11-19)15-8-3-9-18-15/h12-16,18H,1-11H2. The van der Waals surface area contributed by atoms with E-state index in [4.69, 9.17) is 0 Å². The van der Waals surface area contributed by atoms with Crippen molar-refractivity contribution in [3.63, 3.8) is 0 Å². The highest BCUT2D eigenvalue weighted by Crippen LogP contribution is 2.56. The van der Waals surface area contributed by atoms with Crippen LogP contribution in [0, 0.1) is 23.7 Å². The third-order valence-corrected chi connectivity index (χ3v) is 6.38. The highest BCUT2D eigenvalue weighted by Gasteiger charge is 2.56. The molecule has 2 saturated heterocycles. The highest BCUT2D eigenvalue weighted by atomic mass is 16.2. The molecule has 2 aliphatic heterocycles. The van der Waals surface area contributed by atoms with E-state index in [-0.39, 0.29) is 0 Å². The summed E-state index contributed by atoms with van der Waals surface area (Å²) in [6.45, 7) is 3.24. The maximum Gasteiger partial charge on any atom is 0.226 e. The van der Waals surface area contributed by atoms with Gasteiger partial charge in [-0.2, -0.15) is 0 Å². The van der Waals surface area contributed by atoms with Crippen LogP contribution in [0.4, 0.5) is 0 Å². The van der Waals surface area contributed by atoms with E-state index in [2.05, 4.69) is 10.2 Å². The molecule has 1 amide bonds. The third kappa shape index (κ3) is 2.28. The van der Waals surface area contributed by atoms with E-state index in [0.29, 0.717) is 17.9 Å². The summed E-state index contributed by atoms with van der Waals surface area (Å²) in [5.41, 5.74) is 0. The summed E-state index contributed by atoms with van der Waals surface area (Å²) in [4.78, 5) is 15.0. The van der Waals surface area contributed by atoms with Gasteiger partial charge in [0.2, 0.25) is 5.91 Å². The van der Waals surface area contributed by atoms with Gasteiger partial charge in [-0.05, 0) is 62.8 Å². The van der Waals surface area contributed by atoms with Crippen molar-refractivity contribution in [2.45, 2.75) is 57.4 Å². The van der Waals surface area contributed by atoms with Crippen LogP contribution >= 0.6 is 0 Å². The normalized spacial score (nSPS) is 44.2. The fraction of sp³-hybridized carbons (Fsp3) is 0.941. The van der Waals surface area contributed by atoms with Crippen LogP contribution in [0.1, 0.15) is 51.4 Å². The van der Waals surface area contributed by atoms with Crippen LogP contribution in [0.25, 0.3) is 0 Å². The lowest BCUT2D eigenvalue weighted by Gasteiger charge is -2.36. The van der Waals surface area contributed by atoms with Gasteiger partial charge in [0.05, 0.1) is 0 Å². The minimum absolute atomic E-state index is 0.424. The molecule has 0 aromatic heterocycles. The monoisotopic (exact) mass is 276 g/mol. The predicted octanol–water partition coefficient (Wildman–Crippen LogP) is 2.41. The zero-order valence-corrected chi connectivity index (χ0v) is 12.5. The average molecular weight is 276 g/mol. The van der Waals surface area contributed by atoms with Crippen molar-refractivity contribution in [1.29, 1.82) is 0 Å². The van der Waals surface area contributed by atoms with Gasteiger partial charge in [-0.15, -0.1) is 0 Å². The second-order valence-electron chi connectivity index (χ2n) is 7.53. The van der Waals surface area contributed by atoms with Crippen molar-refractivity contribution in [2.75, 3.05) is 19.6 Å². The lowest BCUT2D eigenvalue weighted by molar-refractivity contribution is -0.135. The summed E-state index contributed by atoms with van der Waals surface area (Å²) in [5.74, 6) is 3.19. The van der Waals surface area contributed by atoms with Gasteiger partial charge < -0.3 is 10.2 Å². The van der Waals surface area contributed by atoms with Crippen LogP contribution < -0.4 is 5.32 Å². The van der Waals surface area contributed by atoms with Gasteiger partial charge in [-0.25, -0.2) is 0 Å². The smallest absolute Gasteiger partial charge is 0.226 e. The van der Waals surface area contributed by atoms with Gasteiger partial charge in [-0.3, -0.25) is 4.79 Å². The topological polar surface area (TPSA) is 32.3 Å². The van der Waals surface area contributed by atoms with Gasteiger partial charge in [0.15, 0.2) is 0 Å². The molecular formula is C17H28N2O. The molecule has 0 spiro atoms. The first kappa shape index (κ1) is 13.1. The summed E-state index contributed by atoms with van der Waals surface area (Å²) >= 11 is 0. The number of rotatable bonds is 2. The number of amides is 1. The molecule has 0 bridgehead atoms. The molecule has 112 valence electrons. The molecule has 2 heterocycles. The minimum Gasteiger partial charge on any atom is -0.342 e. The Labute approximate surface area is 122 Å². The van der Waals surface area contributed by atoms with Crippen LogP contribution in [0.3, 0.4) is 0 Å². The van der Waals surface area contributed by atoms with Crippen molar-refractivity contribution in [1.82, 2.24) is 10.2 Å². The van der Waals surface area contributed by atoms with Crippen LogP contribution in [0.15, 0.2) is 0 Å². The first-order valence-corrected chi connectivity index (χ1v) is 8.87. The van der Waals surface area contributed by atoms with E-state index < -0.39 is 0 Å². The first-order chi connectivity index (χ1) is 9.84. The quantitative estimate of drug-likeness (QED) is 0.840. The number of fused-ring (bicyclic) bond motifs is 1. The molecule has 2 aliphatic carbocycles. The molecule has 1 N–H and O–H groups in total. The summed E-state index contributed by atoms with van der Waals surface area (Å²) in [7, 11) is 0. The number of nitrogens with zero attached hydrogens (tertiary/aromatic N) is 1. The fourth-order valence-corrected chi connectivity index (χ4v) is 5.22. The zero-order valence-electron chi connectivity index (χ0n) is 12.5. The molecule has 4 rings (SSSR count). The summed E-state index contributed by atoms with van der Waals surface area (Å²) in [6, 6.07) is 0.687. The molecule has 4 fully saturated rings. The Hall–Kier alpha value is -0.570. The molecule has 0 aromatic carbocycles. The van der Waals surface area contributed by atoms with Crippen molar-refractivity contribution in [3.8, 4) is 0 Å².